The van der Waals surface area contributed by atoms with Crippen LogP contribution < -0.4 is 16.0 Å². The number of hydrogen-bond acceptors (Lipinski definition) is 4. The fourth-order valence-electron chi connectivity index (χ4n) is 2.88. The lowest BCUT2D eigenvalue weighted by Gasteiger charge is -2.13. The van der Waals surface area contributed by atoms with E-state index in [0.717, 1.165) is 11.3 Å². The number of anilines is 3. The maximum absolute atomic E-state index is 12.3. The van der Waals surface area contributed by atoms with Crippen molar-refractivity contribution in [2.75, 3.05) is 22.5 Å². The van der Waals surface area contributed by atoms with Crippen LogP contribution in [0.15, 0.2) is 72.8 Å². The molecule has 0 aliphatic rings. The van der Waals surface area contributed by atoms with Gasteiger partial charge in [0, 0.05) is 28.2 Å². The Labute approximate surface area is 175 Å². The summed E-state index contributed by atoms with van der Waals surface area (Å²) in [7, 11) is 0. The van der Waals surface area contributed by atoms with Crippen LogP contribution in [0.5, 0.6) is 0 Å². The molecule has 0 saturated heterocycles. The molecule has 3 aromatic rings. The summed E-state index contributed by atoms with van der Waals surface area (Å²) < 4.78 is 0. The van der Waals surface area contributed by atoms with Gasteiger partial charge >= 0.3 is 0 Å². The molecule has 3 N–H and O–H groups in total. The predicted octanol–water partition coefficient (Wildman–Crippen LogP) is 4.50. The molecule has 0 bridgehead atoms. The molecule has 2 amide bonds. The van der Waals surface area contributed by atoms with E-state index in [2.05, 4.69) is 16.0 Å². The standard InChI is InChI=1S/C24H23N3O3/c1-16-11-12-21(27-24(30)18-7-4-3-5-8-18)14-22(16)25-15-23(29)26-20-10-6-9-19(13-20)17(2)28/h3-14,25H,15H2,1-2H3,(H,26,29)(H,27,30). The summed E-state index contributed by atoms with van der Waals surface area (Å²) in [4.78, 5) is 36.1. The molecule has 6 heteroatoms. The number of Topliss-reactive ketones (excluding diaryl/α,β-unsaturated/α-hetero) is 1. The first-order chi connectivity index (χ1) is 14.4. The number of ketones is 1. The lowest BCUT2D eigenvalue weighted by atomic mass is 10.1. The van der Waals surface area contributed by atoms with Gasteiger partial charge in [-0.05, 0) is 55.8 Å². The Kier molecular flexibility index (Phi) is 6.60. The Morgan fingerprint density at radius 2 is 1.47 bits per heavy atom. The van der Waals surface area contributed by atoms with E-state index >= 15 is 0 Å². The lowest BCUT2D eigenvalue weighted by Crippen LogP contribution is -2.22. The number of carbonyl (C=O) groups is 3. The van der Waals surface area contributed by atoms with E-state index in [4.69, 9.17) is 0 Å². The van der Waals surface area contributed by atoms with E-state index in [-0.39, 0.29) is 24.1 Å². The van der Waals surface area contributed by atoms with E-state index in [1.54, 1.807) is 42.5 Å². The van der Waals surface area contributed by atoms with E-state index in [0.29, 0.717) is 22.5 Å². The van der Waals surface area contributed by atoms with Crippen LogP contribution in [0, 0.1) is 6.92 Å². The van der Waals surface area contributed by atoms with Crippen LogP contribution in [-0.4, -0.2) is 24.1 Å². The highest BCUT2D eigenvalue weighted by Gasteiger charge is 2.09. The topological polar surface area (TPSA) is 87.3 Å². The monoisotopic (exact) mass is 401 g/mol. The van der Waals surface area contributed by atoms with Gasteiger partial charge in [0.15, 0.2) is 5.78 Å². The number of rotatable bonds is 7. The van der Waals surface area contributed by atoms with Gasteiger partial charge in [0.2, 0.25) is 5.91 Å². The molecule has 0 unspecified atom stereocenters. The van der Waals surface area contributed by atoms with Crippen molar-refractivity contribution in [1.82, 2.24) is 0 Å². The van der Waals surface area contributed by atoms with E-state index in [9.17, 15) is 14.4 Å². The molecule has 0 aliphatic carbocycles. The van der Waals surface area contributed by atoms with Gasteiger partial charge in [0.25, 0.3) is 5.91 Å². The van der Waals surface area contributed by atoms with Crippen molar-refractivity contribution in [2.24, 2.45) is 0 Å². The maximum atomic E-state index is 12.3. The molecule has 0 atom stereocenters. The third-order valence-corrected chi connectivity index (χ3v) is 4.52. The van der Waals surface area contributed by atoms with Gasteiger partial charge in [-0.2, -0.15) is 0 Å². The minimum Gasteiger partial charge on any atom is -0.376 e. The second kappa shape index (κ2) is 9.52. The van der Waals surface area contributed by atoms with Crippen molar-refractivity contribution in [3.63, 3.8) is 0 Å². The van der Waals surface area contributed by atoms with Gasteiger partial charge in [0.1, 0.15) is 0 Å². The number of hydrogen-bond donors (Lipinski definition) is 3. The maximum Gasteiger partial charge on any atom is 0.255 e. The van der Waals surface area contributed by atoms with Crippen LogP contribution in [0.25, 0.3) is 0 Å². The first kappa shape index (κ1) is 20.8. The van der Waals surface area contributed by atoms with Crippen LogP contribution >= 0.6 is 0 Å². The fourth-order valence-corrected chi connectivity index (χ4v) is 2.88. The number of nitrogens with one attached hydrogen (secondary N) is 3. The van der Waals surface area contributed by atoms with Gasteiger partial charge in [0.05, 0.1) is 6.54 Å². The second-order valence-electron chi connectivity index (χ2n) is 6.89. The molecule has 152 valence electrons. The zero-order chi connectivity index (χ0) is 21.5. The number of aryl methyl sites for hydroxylation is 1. The average molecular weight is 401 g/mol. The van der Waals surface area contributed by atoms with Gasteiger partial charge < -0.3 is 16.0 Å². The summed E-state index contributed by atoms with van der Waals surface area (Å²) >= 11 is 0. The van der Waals surface area contributed by atoms with E-state index < -0.39 is 0 Å². The quantitative estimate of drug-likeness (QED) is 0.509. The molecule has 30 heavy (non-hydrogen) atoms. The third-order valence-electron chi connectivity index (χ3n) is 4.52. The molecule has 6 nitrogen and oxygen atoms in total. The first-order valence-corrected chi connectivity index (χ1v) is 9.54. The van der Waals surface area contributed by atoms with Crippen molar-refractivity contribution in [1.29, 1.82) is 0 Å². The molecular formula is C24H23N3O3. The summed E-state index contributed by atoms with van der Waals surface area (Å²) in [5.41, 5.74) is 3.99. The van der Waals surface area contributed by atoms with Gasteiger partial charge in [-0.3, -0.25) is 14.4 Å². The molecule has 0 fully saturated rings. The van der Waals surface area contributed by atoms with Crippen LogP contribution in [0.1, 0.15) is 33.2 Å². The molecule has 3 aromatic carbocycles. The normalized spacial score (nSPS) is 10.2. The smallest absolute Gasteiger partial charge is 0.255 e. The van der Waals surface area contributed by atoms with Gasteiger partial charge in [-0.15, -0.1) is 0 Å². The summed E-state index contributed by atoms with van der Waals surface area (Å²) in [6, 6.07) is 21.2. The summed E-state index contributed by atoms with van der Waals surface area (Å²) in [5.74, 6) is -0.503. The molecule has 0 saturated carbocycles. The van der Waals surface area contributed by atoms with E-state index in [1.165, 1.54) is 6.92 Å². The van der Waals surface area contributed by atoms with Crippen molar-refractivity contribution in [3.05, 3.63) is 89.5 Å². The molecule has 0 aliphatic heterocycles. The summed E-state index contributed by atoms with van der Waals surface area (Å²) in [5, 5.41) is 8.72. The SMILES string of the molecule is CC(=O)c1cccc(NC(=O)CNc2cc(NC(=O)c3ccccc3)ccc2C)c1. The molecule has 3 rings (SSSR count). The molecule has 0 aromatic heterocycles. The average Bonchev–Trinajstić information content (AvgIpc) is 2.75. The number of amides is 2. The highest BCUT2D eigenvalue weighted by atomic mass is 16.2. The fraction of sp³-hybridized carbons (Fsp3) is 0.125. The number of benzene rings is 3. The number of carbonyl (C=O) groups excluding carboxylic acids is 3. The van der Waals surface area contributed by atoms with Crippen LogP contribution in [-0.2, 0) is 4.79 Å². The molecular weight excluding hydrogens is 378 g/mol. The Hall–Kier alpha value is -3.93. The molecule has 0 radical (unpaired) electrons. The van der Waals surface area contributed by atoms with Crippen LogP contribution in [0.3, 0.4) is 0 Å². The van der Waals surface area contributed by atoms with Crippen LogP contribution in [0.4, 0.5) is 17.1 Å². The van der Waals surface area contributed by atoms with Crippen molar-refractivity contribution < 1.29 is 14.4 Å². The Bertz CT molecular complexity index is 1080. The zero-order valence-corrected chi connectivity index (χ0v) is 16.9. The Morgan fingerprint density at radius 1 is 0.767 bits per heavy atom. The van der Waals surface area contributed by atoms with Gasteiger partial charge in [-0.1, -0.05) is 36.4 Å². The minimum atomic E-state index is -0.242. The predicted molar refractivity (Wildman–Crippen MR) is 119 cm³/mol. The Balaban J connectivity index is 1.61. The van der Waals surface area contributed by atoms with Gasteiger partial charge in [-0.25, -0.2) is 0 Å². The highest BCUT2D eigenvalue weighted by molar-refractivity contribution is 6.04. The van der Waals surface area contributed by atoms with Crippen molar-refractivity contribution >= 4 is 34.7 Å². The largest absolute Gasteiger partial charge is 0.376 e. The van der Waals surface area contributed by atoms with Crippen molar-refractivity contribution in [3.8, 4) is 0 Å². The highest BCUT2D eigenvalue weighted by Crippen LogP contribution is 2.21. The lowest BCUT2D eigenvalue weighted by molar-refractivity contribution is -0.114. The minimum absolute atomic E-state index is 0.0429. The summed E-state index contributed by atoms with van der Waals surface area (Å²) in [6.45, 7) is 3.44. The van der Waals surface area contributed by atoms with Crippen molar-refractivity contribution in [2.45, 2.75) is 13.8 Å². The first-order valence-electron chi connectivity index (χ1n) is 9.54. The summed E-state index contributed by atoms with van der Waals surface area (Å²) in [6.07, 6.45) is 0. The van der Waals surface area contributed by atoms with E-state index in [1.807, 2.05) is 37.3 Å². The Morgan fingerprint density at radius 3 is 2.20 bits per heavy atom. The second-order valence-corrected chi connectivity index (χ2v) is 6.89. The molecule has 0 spiro atoms. The molecule has 0 heterocycles. The zero-order valence-electron chi connectivity index (χ0n) is 16.9. The third kappa shape index (κ3) is 5.54. The van der Waals surface area contributed by atoms with Crippen LogP contribution in [0.2, 0.25) is 0 Å².